The molecule has 88 valence electrons. The highest BCUT2D eigenvalue weighted by Crippen LogP contribution is 2.37. The largest absolute Gasteiger partial charge is 0.293 e. The molecule has 0 bridgehead atoms. The second-order valence-electron chi connectivity index (χ2n) is 4.90. The van der Waals surface area contributed by atoms with Gasteiger partial charge in [0.25, 0.3) is 5.56 Å². The molecular weight excluding hydrogens is 219 g/mol. The highest BCUT2D eigenvalue weighted by atomic mass is 19.1. The molecule has 1 heterocycles. The highest BCUT2D eigenvalue weighted by Gasteiger charge is 2.35. The summed E-state index contributed by atoms with van der Waals surface area (Å²) in [7, 11) is 0. The Morgan fingerprint density at radius 1 is 1.41 bits per heavy atom. The molecule has 0 atom stereocenters. The lowest BCUT2D eigenvalue weighted by atomic mass is 9.78. The molecule has 0 N–H and O–H groups in total. The molecule has 1 aromatic heterocycles. The van der Waals surface area contributed by atoms with Gasteiger partial charge in [0, 0.05) is 5.54 Å². The first-order valence-electron chi connectivity index (χ1n) is 5.78. The third kappa shape index (κ3) is 1.40. The fourth-order valence-corrected chi connectivity index (χ4v) is 2.44. The van der Waals surface area contributed by atoms with Crippen LogP contribution < -0.4 is 5.56 Å². The molecule has 1 saturated carbocycles. The van der Waals surface area contributed by atoms with E-state index in [1.165, 1.54) is 6.07 Å². The van der Waals surface area contributed by atoms with Crippen LogP contribution in [-0.2, 0) is 5.54 Å². The fourth-order valence-electron chi connectivity index (χ4n) is 2.44. The number of benzene rings is 1. The number of rotatable bonds is 1. The van der Waals surface area contributed by atoms with Crippen LogP contribution in [0.15, 0.2) is 29.3 Å². The van der Waals surface area contributed by atoms with Crippen LogP contribution in [0.5, 0.6) is 0 Å². The van der Waals surface area contributed by atoms with E-state index in [9.17, 15) is 9.18 Å². The third-order valence-corrected chi connectivity index (χ3v) is 3.75. The van der Waals surface area contributed by atoms with Crippen LogP contribution in [0, 0.1) is 5.82 Å². The number of fused-ring (bicyclic) bond motifs is 1. The quantitative estimate of drug-likeness (QED) is 0.756. The highest BCUT2D eigenvalue weighted by molar-refractivity contribution is 5.77. The zero-order chi connectivity index (χ0) is 12.0. The van der Waals surface area contributed by atoms with Crippen LogP contribution in [0.3, 0.4) is 0 Å². The van der Waals surface area contributed by atoms with E-state index in [4.69, 9.17) is 0 Å². The van der Waals surface area contributed by atoms with E-state index < -0.39 is 5.82 Å². The van der Waals surface area contributed by atoms with Crippen LogP contribution in [0.1, 0.15) is 26.2 Å². The standard InChI is InChI=1S/C13H13FN2O/c1-13(6-3-7-13)16-8-15-10-5-2-4-9(14)11(10)12(16)17/h2,4-5,8H,3,6-7H2,1H3. The molecule has 0 radical (unpaired) electrons. The van der Waals surface area contributed by atoms with Crippen LogP contribution >= 0.6 is 0 Å². The SMILES string of the molecule is CC1(n2cnc3cccc(F)c3c2=O)CCC1. The van der Waals surface area contributed by atoms with Gasteiger partial charge in [-0.25, -0.2) is 9.37 Å². The van der Waals surface area contributed by atoms with E-state index >= 15 is 0 Å². The summed E-state index contributed by atoms with van der Waals surface area (Å²) in [6.45, 7) is 2.02. The zero-order valence-corrected chi connectivity index (χ0v) is 9.61. The van der Waals surface area contributed by atoms with Crippen molar-refractivity contribution < 1.29 is 4.39 Å². The van der Waals surface area contributed by atoms with E-state index in [0.717, 1.165) is 19.3 Å². The molecule has 2 aromatic rings. The number of nitrogens with zero attached hydrogens (tertiary/aromatic N) is 2. The summed E-state index contributed by atoms with van der Waals surface area (Å²) in [5, 5.41) is 0.100. The molecule has 0 aliphatic heterocycles. The van der Waals surface area contributed by atoms with E-state index in [1.807, 2.05) is 6.92 Å². The number of hydrogen-bond acceptors (Lipinski definition) is 2. The Labute approximate surface area is 97.9 Å². The molecule has 1 aromatic carbocycles. The van der Waals surface area contributed by atoms with Crippen molar-refractivity contribution in [1.29, 1.82) is 0 Å². The fraction of sp³-hybridized carbons (Fsp3) is 0.385. The van der Waals surface area contributed by atoms with Gasteiger partial charge in [-0.3, -0.25) is 9.36 Å². The van der Waals surface area contributed by atoms with E-state index in [0.29, 0.717) is 5.52 Å². The summed E-state index contributed by atoms with van der Waals surface area (Å²) in [5.41, 5.74) is -0.0231. The first-order chi connectivity index (χ1) is 8.12. The Hall–Kier alpha value is -1.71. The minimum Gasteiger partial charge on any atom is -0.293 e. The Balaban J connectivity index is 2.33. The molecular formula is C13H13FN2O. The predicted molar refractivity (Wildman–Crippen MR) is 63.5 cm³/mol. The van der Waals surface area contributed by atoms with Gasteiger partial charge in [0.2, 0.25) is 0 Å². The third-order valence-electron chi connectivity index (χ3n) is 3.75. The maximum atomic E-state index is 13.7. The molecule has 0 spiro atoms. The zero-order valence-electron chi connectivity index (χ0n) is 9.61. The van der Waals surface area contributed by atoms with Gasteiger partial charge in [0.1, 0.15) is 11.2 Å². The van der Waals surface area contributed by atoms with Crippen LogP contribution in [0.4, 0.5) is 4.39 Å². The van der Waals surface area contributed by atoms with Gasteiger partial charge >= 0.3 is 0 Å². The van der Waals surface area contributed by atoms with E-state index in [2.05, 4.69) is 4.98 Å². The van der Waals surface area contributed by atoms with Gasteiger partial charge in [-0.2, -0.15) is 0 Å². The minimum atomic E-state index is -0.489. The van der Waals surface area contributed by atoms with Gasteiger partial charge in [0.15, 0.2) is 0 Å². The summed E-state index contributed by atoms with van der Waals surface area (Å²) < 4.78 is 15.3. The van der Waals surface area contributed by atoms with E-state index in [1.54, 1.807) is 23.0 Å². The summed E-state index contributed by atoms with van der Waals surface area (Å²) in [4.78, 5) is 16.4. The first-order valence-corrected chi connectivity index (χ1v) is 5.78. The second-order valence-corrected chi connectivity index (χ2v) is 4.90. The Morgan fingerprint density at radius 2 is 2.18 bits per heavy atom. The van der Waals surface area contributed by atoms with Gasteiger partial charge in [-0.05, 0) is 38.3 Å². The molecule has 0 unspecified atom stereocenters. The van der Waals surface area contributed by atoms with Crippen molar-refractivity contribution in [3.63, 3.8) is 0 Å². The molecule has 1 aliphatic carbocycles. The van der Waals surface area contributed by atoms with Gasteiger partial charge in [-0.1, -0.05) is 6.07 Å². The van der Waals surface area contributed by atoms with Crippen molar-refractivity contribution in [3.05, 3.63) is 40.7 Å². The second kappa shape index (κ2) is 3.39. The van der Waals surface area contributed by atoms with Crippen molar-refractivity contribution >= 4 is 10.9 Å². The molecule has 3 nitrogen and oxygen atoms in total. The molecule has 1 fully saturated rings. The summed E-state index contributed by atoms with van der Waals surface area (Å²) in [6, 6.07) is 4.53. The average Bonchev–Trinajstić information content (AvgIpc) is 2.26. The monoisotopic (exact) mass is 232 g/mol. The molecule has 0 amide bonds. The maximum absolute atomic E-state index is 13.7. The Bertz CT molecular complexity index is 643. The first kappa shape index (κ1) is 10.4. The Morgan fingerprint density at radius 3 is 2.82 bits per heavy atom. The lowest BCUT2D eigenvalue weighted by Crippen LogP contribution is -2.44. The molecule has 4 heteroatoms. The van der Waals surface area contributed by atoms with Gasteiger partial charge in [0.05, 0.1) is 11.8 Å². The minimum absolute atomic E-state index is 0.100. The lowest BCUT2D eigenvalue weighted by Gasteiger charge is -2.39. The van der Waals surface area contributed by atoms with Crippen LogP contribution in [0.2, 0.25) is 0 Å². The number of halogens is 1. The smallest absolute Gasteiger partial charge is 0.264 e. The summed E-state index contributed by atoms with van der Waals surface area (Å²) in [6.07, 6.45) is 4.56. The molecule has 0 saturated heterocycles. The topological polar surface area (TPSA) is 34.9 Å². The van der Waals surface area contributed by atoms with Crippen molar-refractivity contribution in [1.82, 2.24) is 9.55 Å². The van der Waals surface area contributed by atoms with Gasteiger partial charge < -0.3 is 0 Å². The molecule has 17 heavy (non-hydrogen) atoms. The summed E-state index contributed by atoms with van der Waals surface area (Å²) >= 11 is 0. The Kier molecular flexibility index (Phi) is 2.08. The van der Waals surface area contributed by atoms with Crippen molar-refractivity contribution in [2.45, 2.75) is 31.7 Å². The number of hydrogen-bond donors (Lipinski definition) is 0. The number of aromatic nitrogens is 2. The predicted octanol–water partition coefficient (Wildman–Crippen LogP) is 2.43. The lowest BCUT2D eigenvalue weighted by molar-refractivity contribution is 0.162. The maximum Gasteiger partial charge on any atom is 0.264 e. The molecule has 3 rings (SSSR count). The van der Waals surface area contributed by atoms with Crippen molar-refractivity contribution in [3.8, 4) is 0 Å². The van der Waals surface area contributed by atoms with Crippen molar-refractivity contribution in [2.75, 3.05) is 0 Å². The molecule has 1 aliphatic rings. The van der Waals surface area contributed by atoms with Gasteiger partial charge in [-0.15, -0.1) is 0 Å². The average molecular weight is 232 g/mol. The van der Waals surface area contributed by atoms with Crippen LogP contribution in [0.25, 0.3) is 10.9 Å². The normalized spacial score (nSPS) is 18.0. The summed E-state index contributed by atoms with van der Waals surface area (Å²) in [5.74, 6) is -0.489. The van der Waals surface area contributed by atoms with E-state index in [-0.39, 0.29) is 16.5 Å². The van der Waals surface area contributed by atoms with Crippen molar-refractivity contribution in [2.24, 2.45) is 0 Å². The van der Waals surface area contributed by atoms with Crippen LogP contribution in [-0.4, -0.2) is 9.55 Å².